The molecule has 3 N–H and O–H groups in total. The fourth-order valence-corrected chi connectivity index (χ4v) is 4.20. The summed E-state index contributed by atoms with van der Waals surface area (Å²) in [6, 6.07) is 2.84. The summed E-state index contributed by atoms with van der Waals surface area (Å²) in [7, 11) is 0. The molecule has 0 saturated heterocycles. The summed E-state index contributed by atoms with van der Waals surface area (Å²) in [6.45, 7) is 3.14. The highest BCUT2D eigenvalue weighted by Crippen LogP contribution is 2.53. The number of nitrogens with one attached hydrogen (secondary N) is 1. The number of aromatic nitrogens is 2. The van der Waals surface area contributed by atoms with Gasteiger partial charge in [0.25, 0.3) is 0 Å². The zero-order chi connectivity index (χ0) is 23.4. The number of rotatable bonds is 2. The van der Waals surface area contributed by atoms with Gasteiger partial charge in [0.15, 0.2) is 5.60 Å². The smallest absolute Gasteiger partial charge is 0.419 e. The molecule has 0 unspecified atom stereocenters. The Morgan fingerprint density at radius 2 is 1.97 bits per heavy atom. The molecule has 0 spiro atoms. The van der Waals surface area contributed by atoms with Crippen LogP contribution in [0.15, 0.2) is 36.5 Å². The van der Waals surface area contributed by atoms with Crippen molar-refractivity contribution in [3.05, 3.63) is 64.3 Å². The molecule has 0 radical (unpaired) electrons. The third-order valence-electron chi connectivity index (χ3n) is 5.64. The zero-order valence-electron chi connectivity index (χ0n) is 16.9. The largest absolute Gasteiger partial charge is 0.506 e. The van der Waals surface area contributed by atoms with Crippen molar-refractivity contribution >= 4 is 33.8 Å². The van der Waals surface area contributed by atoms with Crippen molar-refractivity contribution < 1.29 is 27.8 Å². The topological polar surface area (TPSA) is 78.3 Å². The molecule has 0 aliphatic heterocycles. The zero-order valence-corrected chi connectivity index (χ0v) is 17.7. The third kappa shape index (κ3) is 3.55. The molecule has 1 aliphatic rings. The van der Waals surface area contributed by atoms with Gasteiger partial charge < -0.3 is 15.5 Å². The van der Waals surface area contributed by atoms with Gasteiger partial charge in [-0.2, -0.15) is 13.2 Å². The number of phenolic OH excluding ortho intramolecular Hbond substituents is 1. The summed E-state index contributed by atoms with van der Waals surface area (Å²) >= 11 is 6.01. The normalized spacial score (nSPS) is 22.2. The predicted octanol–water partition coefficient (Wildman–Crippen LogP) is 5.69. The average Bonchev–Trinajstić information content (AvgIpc) is 2.70. The van der Waals surface area contributed by atoms with Gasteiger partial charge in [-0.25, -0.2) is 14.4 Å². The van der Waals surface area contributed by atoms with Crippen LogP contribution in [0.1, 0.15) is 36.3 Å². The number of alkyl halides is 3. The van der Waals surface area contributed by atoms with Crippen molar-refractivity contribution in [3.63, 3.8) is 0 Å². The number of anilines is 1. The van der Waals surface area contributed by atoms with Gasteiger partial charge in [-0.3, -0.25) is 0 Å². The van der Waals surface area contributed by atoms with Crippen molar-refractivity contribution in [3.8, 4) is 5.75 Å². The van der Waals surface area contributed by atoms with Gasteiger partial charge in [-0.05, 0) is 48.7 Å². The number of aryl methyl sites for hydroxylation is 1. The maximum atomic E-state index is 14.3. The Morgan fingerprint density at radius 1 is 1.25 bits per heavy atom. The van der Waals surface area contributed by atoms with Crippen LogP contribution in [0.25, 0.3) is 16.5 Å². The minimum absolute atomic E-state index is 0.0115. The van der Waals surface area contributed by atoms with Crippen molar-refractivity contribution in [1.29, 1.82) is 0 Å². The molecule has 3 aromatic rings. The van der Waals surface area contributed by atoms with Gasteiger partial charge >= 0.3 is 6.18 Å². The lowest BCUT2D eigenvalue weighted by Gasteiger charge is -2.44. The molecule has 0 bridgehead atoms. The van der Waals surface area contributed by atoms with Crippen molar-refractivity contribution in [1.82, 2.24) is 9.97 Å². The third-order valence-corrected chi connectivity index (χ3v) is 5.94. The molecule has 0 amide bonds. The van der Waals surface area contributed by atoms with Gasteiger partial charge in [0.05, 0.1) is 16.6 Å². The number of aliphatic hydroxyl groups is 1. The number of hydrogen-bond acceptors (Lipinski definition) is 5. The molecule has 10 heteroatoms. The summed E-state index contributed by atoms with van der Waals surface area (Å²) in [5, 5.41) is 23.8. The molecule has 1 aromatic heterocycles. The lowest BCUT2D eigenvalue weighted by atomic mass is 9.73. The van der Waals surface area contributed by atoms with E-state index < -0.39 is 30.1 Å². The molecule has 168 valence electrons. The minimum atomic E-state index is -5.04. The quantitative estimate of drug-likeness (QED) is 0.422. The number of aromatic hydroxyl groups is 1. The molecule has 5 nitrogen and oxygen atoms in total. The van der Waals surface area contributed by atoms with Crippen LogP contribution in [0.5, 0.6) is 5.75 Å². The first kappa shape index (κ1) is 22.3. The number of phenols is 1. The lowest BCUT2D eigenvalue weighted by Crippen LogP contribution is -2.54. The highest BCUT2D eigenvalue weighted by molar-refractivity contribution is 6.32. The molecule has 4 rings (SSSR count). The average molecular weight is 468 g/mol. The van der Waals surface area contributed by atoms with Crippen LogP contribution in [0.3, 0.4) is 0 Å². The lowest BCUT2D eigenvalue weighted by molar-refractivity contribution is -0.265. The highest BCUT2D eigenvalue weighted by atomic mass is 35.5. The van der Waals surface area contributed by atoms with Crippen molar-refractivity contribution in [2.45, 2.75) is 38.1 Å². The summed E-state index contributed by atoms with van der Waals surface area (Å²) in [5.41, 5.74) is -2.57. The minimum Gasteiger partial charge on any atom is -0.506 e. The summed E-state index contributed by atoms with van der Waals surface area (Å²) in [6.07, 6.45) is -3.01. The Morgan fingerprint density at radius 3 is 2.62 bits per heavy atom. The van der Waals surface area contributed by atoms with Crippen LogP contribution in [0.2, 0.25) is 5.02 Å². The van der Waals surface area contributed by atoms with Crippen LogP contribution in [0.4, 0.5) is 23.2 Å². The maximum Gasteiger partial charge on any atom is 0.419 e. The Kier molecular flexibility index (Phi) is 5.29. The summed E-state index contributed by atoms with van der Waals surface area (Å²) in [4.78, 5) is 8.18. The van der Waals surface area contributed by atoms with Crippen LogP contribution >= 0.6 is 11.6 Å². The Hall–Kier alpha value is -2.91. The van der Waals surface area contributed by atoms with Crippen molar-refractivity contribution in [2.75, 3.05) is 5.32 Å². The molecule has 1 aliphatic carbocycles. The molecular formula is C22H18ClF4N3O2. The van der Waals surface area contributed by atoms with Crippen LogP contribution in [-0.2, 0) is 0 Å². The van der Waals surface area contributed by atoms with Gasteiger partial charge in [0, 0.05) is 29.8 Å². The second-order valence-corrected chi connectivity index (χ2v) is 8.09. The summed E-state index contributed by atoms with van der Waals surface area (Å²) in [5.74, 6) is -0.660. The van der Waals surface area contributed by atoms with E-state index in [1.165, 1.54) is 31.3 Å². The first-order valence-corrected chi connectivity index (χ1v) is 9.99. The first-order valence-electron chi connectivity index (χ1n) is 9.61. The van der Waals surface area contributed by atoms with E-state index in [-0.39, 0.29) is 38.5 Å². The predicted molar refractivity (Wildman–Crippen MR) is 113 cm³/mol. The van der Waals surface area contributed by atoms with E-state index in [0.29, 0.717) is 11.4 Å². The Labute approximate surface area is 185 Å². The van der Waals surface area contributed by atoms with Gasteiger partial charge in [-0.1, -0.05) is 17.7 Å². The highest BCUT2D eigenvalue weighted by Gasteiger charge is 2.61. The Balaban J connectivity index is 1.97. The van der Waals surface area contributed by atoms with E-state index in [1.54, 1.807) is 6.92 Å². The van der Waals surface area contributed by atoms with E-state index >= 15 is 0 Å². The molecule has 0 fully saturated rings. The SMILES string of the molecule is C/C=C1\C[C@](O)(C(F)(F)F)[C@@H](Nc2cc(F)cc3nc(C)ncc23)c2cc(Cl)c(O)cc21. The van der Waals surface area contributed by atoms with Crippen LogP contribution < -0.4 is 5.32 Å². The van der Waals surface area contributed by atoms with Gasteiger partial charge in [0.1, 0.15) is 17.4 Å². The van der Waals surface area contributed by atoms with Crippen molar-refractivity contribution in [2.24, 2.45) is 0 Å². The fraction of sp³-hybridized carbons (Fsp3) is 0.273. The molecular weight excluding hydrogens is 450 g/mol. The van der Waals surface area contributed by atoms with E-state index in [9.17, 15) is 27.8 Å². The standard InChI is InChI=1S/C22H18ClF4N3O2/c1-3-11-8-21(32,22(25,26)27)20(14-6-16(23)19(31)7-13(11)14)30-18-5-12(24)4-17-15(18)9-28-10(2)29-17/h3-7,9,20,30-32H,8H2,1-2H3/b11-3+/t20-,21+/m0/s1. The second-order valence-electron chi connectivity index (χ2n) is 7.68. The number of allylic oxidation sites excluding steroid dienone is 1. The van der Waals surface area contributed by atoms with E-state index in [4.69, 9.17) is 11.6 Å². The number of benzene rings is 2. The number of hydrogen-bond donors (Lipinski definition) is 3. The number of halogens is 5. The molecule has 32 heavy (non-hydrogen) atoms. The Bertz CT molecular complexity index is 1260. The molecule has 1 heterocycles. The molecule has 2 aromatic carbocycles. The number of nitrogens with zero attached hydrogens (tertiary/aromatic N) is 2. The second kappa shape index (κ2) is 7.60. The fourth-order valence-electron chi connectivity index (χ4n) is 4.03. The monoisotopic (exact) mass is 467 g/mol. The first-order chi connectivity index (χ1) is 14.9. The van der Waals surface area contributed by atoms with Crippen LogP contribution in [0, 0.1) is 12.7 Å². The summed E-state index contributed by atoms with van der Waals surface area (Å²) < 4.78 is 56.9. The van der Waals surface area contributed by atoms with Gasteiger partial charge in [-0.15, -0.1) is 0 Å². The molecule has 2 atom stereocenters. The number of fused-ring (bicyclic) bond motifs is 2. The van der Waals surface area contributed by atoms with Crippen LogP contribution in [-0.4, -0.2) is 32.0 Å². The molecule has 0 saturated carbocycles. The van der Waals surface area contributed by atoms with E-state index in [2.05, 4.69) is 15.3 Å². The van der Waals surface area contributed by atoms with E-state index in [0.717, 1.165) is 12.1 Å². The van der Waals surface area contributed by atoms with Gasteiger partial charge in [0.2, 0.25) is 0 Å². The maximum absolute atomic E-state index is 14.3. The van der Waals surface area contributed by atoms with E-state index in [1.807, 2.05) is 0 Å².